The minimum absolute atomic E-state index is 0.437. The third-order valence-electron chi connectivity index (χ3n) is 2.93. The zero-order valence-electron chi connectivity index (χ0n) is 12.1. The maximum absolute atomic E-state index is 4.40. The number of nitrogens with one attached hydrogen (secondary N) is 2. The molecule has 1 unspecified atom stereocenters. The molecule has 1 aromatic heterocycles. The first-order valence-electron chi connectivity index (χ1n) is 7.01. The van der Waals surface area contributed by atoms with Crippen molar-refractivity contribution in [3.63, 3.8) is 0 Å². The van der Waals surface area contributed by atoms with Crippen LogP contribution < -0.4 is 10.6 Å². The van der Waals surface area contributed by atoms with E-state index in [4.69, 9.17) is 0 Å². The maximum atomic E-state index is 4.40. The normalized spacial score (nSPS) is 12.2. The largest absolute Gasteiger partial charge is 0.370 e. The van der Waals surface area contributed by atoms with E-state index in [-0.39, 0.29) is 0 Å². The first-order valence-corrected chi connectivity index (χ1v) is 7.01. The zero-order valence-corrected chi connectivity index (χ0v) is 12.1. The molecular weight excluding hydrogens is 224 g/mol. The number of aryl methyl sites for hydroxylation is 1. The number of hydrogen-bond donors (Lipinski definition) is 2. The predicted molar refractivity (Wildman–Crippen MR) is 78.2 cm³/mol. The molecule has 0 amide bonds. The quantitative estimate of drug-likeness (QED) is 0.692. The summed E-state index contributed by atoms with van der Waals surface area (Å²) in [5.74, 6) is 2.64. The Morgan fingerprint density at radius 1 is 1.17 bits per heavy atom. The van der Waals surface area contributed by atoms with Crippen molar-refractivity contribution in [2.45, 2.75) is 59.4 Å². The molecule has 0 spiro atoms. The van der Waals surface area contributed by atoms with Crippen LogP contribution in [0.2, 0.25) is 0 Å². The number of anilines is 2. The molecule has 0 saturated carbocycles. The first kappa shape index (κ1) is 14.7. The lowest BCUT2D eigenvalue weighted by Crippen LogP contribution is -2.15. The topological polar surface area (TPSA) is 49.8 Å². The van der Waals surface area contributed by atoms with E-state index in [9.17, 15) is 0 Å². The van der Waals surface area contributed by atoms with Crippen molar-refractivity contribution in [3.8, 4) is 0 Å². The highest BCUT2D eigenvalue weighted by molar-refractivity contribution is 5.47. The van der Waals surface area contributed by atoms with Crippen LogP contribution in [0.25, 0.3) is 0 Å². The highest BCUT2D eigenvalue weighted by Gasteiger charge is 2.04. The van der Waals surface area contributed by atoms with Crippen LogP contribution in [0.3, 0.4) is 0 Å². The summed E-state index contributed by atoms with van der Waals surface area (Å²) in [6.45, 7) is 9.44. The average molecular weight is 250 g/mol. The lowest BCUT2D eigenvalue weighted by molar-refractivity contribution is 0.740. The third-order valence-corrected chi connectivity index (χ3v) is 2.93. The predicted octanol–water partition coefficient (Wildman–Crippen LogP) is 3.60. The Kier molecular flexibility index (Phi) is 6.47. The van der Waals surface area contributed by atoms with Crippen LogP contribution in [-0.4, -0.2) is 22.6 Å². The average Bonchev–Trinajstić information content (AvgIpc) is 2.34. The number of unbranched alkanes of at least 4 members (excludes halogenated alkanes) is 2. The van der Waals surface area contributed by atoms with Gasteiger partial charge in [0.1, 0.15) is 17.5 Å². The van der Waals surface area contributed by atoms with E-state index in [2.05, 4.69) is 41.4 Å². The van der Waals surface area contributed by atoms with Crippen LogP contribution >= 0.6 is 0 Å². The molecule has 1 heterocycles. The summed E-state index contributed by atoms with van der Waals surface area (Å²) in [5.41, 5.74) is 0. The molecule has 0 aliphatic heterocycles. The summed E-state index contributed by atoms with van der Waals surface area (Å²) in [6, 6.07) is 2.43. The van der Waals surface area contributed by atoms with Crippen LogP contribution in [0.4, 0.5) is 11.6 Å². The first-order chi connectivity index (χ1) is 8.65. The van der Waals surface area contributed by atoms with Crippen molar-refractivity contribution < 1.29 is 0 Å². The number of nitrogens with zero attached hydrogens (tertiary/aromatic N) is 2. The van der Waals surface area contributed by atoms with E-state index in [0.29, 0.717) is 6.04 Å². The lowest BCUT2D eigenvalue weighted by atomic mass is 10.2. The van der Waals surface area contributed by atoms with Gasteiger partial charge in [-0.2, -0.15) is 0 Å². The van der Waals surface area contributed by atoms with E-state index in [1.165, 1.54) is 19.3 Å². The summed E-state index contributed by atoms with van der Waals surface area (Å²) in [6.07, 6.45) is 4.77. The fourth-order valence-electron chi connectivity index (χ4n) is 1.68. The van der Waals surface area contributed by atoms with Crippen LogP contribution in [-0.2, 0) is 0 Å². The summed E-state index contributed by atoms with van der Waals surface area (Å²) in [4.78, 5) is 8.81. The van der Waals surface area contributed by atoms with E-state index in [1.54, 1.807) is 0 Å². The Bertz CT molecular complexity index is 352. The molecule has 4 nitrogen and oxygen atoms in total. The highest BCUT2D eigenvalue weighted by atomic mass is 15.1. The fourth-order valence-corrected chi connectivity index (χ4v) is 1.68. The van der Waals surface area contributed by atoms with Crippen molar-refractivity contribution in [2.75, 3.05) is 17.2 Å². The van der Waals surface area contributed by atoms with Gasteiger partial charge in [0.05, 0.1) is 0 Å². The second kappa shape index (κ2) is 7.90. The molecule has 1 rings (SSSR count). The van der Waals surface area contributed by atoms with Crippen molar-refractivity contribution in [1.29, 1.82) is 0 Å². The molecular formula is C14H26N4. The molecule has 2 N–H and O–H groups in total. The van der Waals surface area contributed by atoms with Crippen LogP contribution in [0.5, 0.6) is 0 Å². The van der Waals surface area contributed by atoms with Crippen LogP contribution in [0.1, 0.15) is 52.3 Å². The number of aromatic nitrogens is 2. The molecule has 102 valence electrons. The van der Waals surface area contributed by atoms with Crippen LogP contribution in [0, 0.1) is 6.92 Å². The molecule has 0 aliphatic carbocycles. The van der Waals surface area contributed by atoms with Gasteiger partial charge in [0.2, 0.25) is 0 Å². The zero-order chi connectivity index (χ0) is 13.4. The standard InChI is InChI=1S/C14H26N4/c1-5-7-8-9-15-13-10-14(16-11(3)6-2)18-12(4)17-13/h10-11H,5-9H2,1-4H3,(H2,15,16,17,18). The SMILES string of the molecule is CCCCCNc1cc(NC(C)CC)nc(C)n1. The van der Waals surface area contributed by atoms with Crippen molar-refractivity contribution in [3.05, 3.63) is 11.9 Å². The molecule has 0 aliphatic rings. The molecule has 1 atom stereocenters. The molecule has 0 bridgehead atoms. The van der Waals surface area contributed by atoms with Gasteiger partial charge in [0.15, 0.2) is 0 Å². The van der Waals surface area contributed by atoms with Gasteiger partial charge >= 0.3 is 0 Å². The van der Waals surface area contributed by atoms with Gasteiger partial charge < -0.3 is 10.6 Å². The summed E-state index contributed by atoms with van der Waals surface area (Å²) in [7, 11) is 0. The van der Waals surface area contributed by atoms with Gasteiger partial charge in [0.25, 0.3) is 0 Å². The van der Waals surface area contributed by atoms with Gasteiger partial charge in [-0.3, -0.25) is 0 Å². The smallest absolute Gasteiger partial charge is 0.132 e. The molecule has 4 heteroatoms. The Labute approximate surface area is 111 Å². The molecule has 0 saturated heterocycles. The molecule has 1 aromatic rings. The van der Waals surface area contributed by atoms with Crippen LogP contribution in [0.15, 0.2) is 6.07 Å². The van der Waals surface area contributed by atoms with Gasteiger partial charge in [-0.15, -0.1) is 0 Å². The molecule has 0 aromatic carbocycles. The van der Waals surface area contributed by atoms with Crippen molar-refractivity contribution >= 4 is 11.6 Å². The highest BCUT2D eigenvalue weighted by Crippen LogP contribution is 2.13. The van der Waals surface area contributed by atoms with Crippen molar-refractivity contribution in [1.82, 2.24) is 9.97 Å². The minimum Gasteiger partial charge on any atom is -0.370 e. The fraction of sp³-hybridized carbons (Fsp3) is 0.714. The molecule has 0 fully saturated rings. The van der Waals surface area contributed by atoms with E-state index >= 15 is 0 Å². The Morgan fingerprint density at radius 2 is 1.89 bits per heavy atom. The minimum atomic E-state index is 0.437. The van der Waals surface area contributed by atoms with E-state index in [1.807, 2.05) is 13.0 Å². The molecule has 0 radical (unpaired) electrons. The van der Waals surface area contributed by atoms with Crippen molar-refractivity contribution in [2.24, 2.45) is 0 Å². The van der Waals surface area contributed by atoms with E-state index in [0.717, 1.165) is 30.4 Å². The lowest BCUT2D eigenvalue weighted by Gasteiger charge is -2.14. The summed E-state index contributed by atoms with van der Waals surface area (Å²) >= 11 is 0. The molecule has 18 heavy (non-hydrogen) atoms. The maximum Gasteiger partial charge on any atom is 0.132 e. The Morgan fingerprint density at radius 3 is 2.56 bits per heavy atom. The van der Waals surface area contributed by atoms with Gasteiger partial charge in [-0.05, 0) is 26.7 Å². The number of hydrogen-bond acceptors (Lipinski definition) is 4. The van der Waals surface area contributed by atoms with E-state index < -0.39 is 0 Å². The monoisotopic (exact) mass is 250 g/mol. The third kappa shape index (κ3) is 5.34. The van der Waals surface area contributed by atoms with Gasteiger partial charge in [-0.1, -0.05) is 26.7 Å². The Hall–Kier alpha value is -1.32. The number of rotatable bonds is 8. The summed E-state index contributed by atoms with van der Waals surface area (Å²) < 4.78 is 0. The second-order valence-electron chi connectivity index (χ2n) is 4.77. The summed E-state index contributed by atoms with van der Waals surface area (Å²) in [5, 5.41) is 6.74. The van der Waals surface area contributed by atoms with Gasteiger partial charge in [0, 0.05) is 18.7 Å². The Balaban J connectivity index is 2.57. The second-order valence-corrected chi connectivity index (χ2v) is 4.77. The van der Waals surface area contributed by atoms with Gasteiger partial charge in [-0.25, -0.2) is 9.97 Å².